The Bertz CT molecular complexity index is 613. The summed E-state index contributed by atoms with van der Waals surface area (Å²) in [6, 6.07) is 10.8. The SMILES string of the molecule is N#CC(C#N)=Cc1cccc(-c2ncon2)c1. The molecule has 17 heavy (non-hydrogen) atoms. The number of rotatable bonds is 2. The lowest BCUT2D eigenvalue weighted by molar-refractivity contribution is 0.419. The van der Waals surface area contributed by atoms with E-state index in [1.807, 2.05) is 6.07 Å². The van der Waals surface area contributed by atoms with Crippen molar-refractivity contribution in [2.24, 2.45) is 0 Å². The van der Waals surface area contributed by atoms with Gasteiger partial charge in [0, 0.05) is 5.56 Å². The third-order valence-electron chi connectivity index (χ3n) is 2.06. The quantitative estimate of drug-likeness (QED) is 0.726. The largest absolute Gasteiger partial charge is 0.342 e. The molecule has 2 aromatic rings. The molecule has 0 unspecified atom stereocenters. The molecule has 0 atom stereocenters. The molecule has 2 rings (SSSR count). The zero-order valence-electron chi connectivity index (χ0n) is 8.66. The minimum Gasteiger partial charge on any atom is -0.342 e. The van der Waals surface area contributed by atoms with Gasteiger partial charge in [-0.25, -0.2) is 0 Å². The first-order valence-electron chi connectivity index (χ1n) is 4.72. The maximum atomic E-state index is 8.66. The van der Waals surface area contributed by atoms with Gasteiger partial charge in [-0.1, -0.05) is 23.4 Å². The van der Waals surface area contributed by atoms with Gasteiger partial charge in [0.15, 0.2) is 0 Å². The molecule has 1 aromatic heterocycles. The Labute approximate surface area is 97.2 Å². The van der Waals surface area contributed by atoms with Crippen LogP contribution in [0.25, 0.3) is 17.5 Å². The van der Waals surface area contributed by atoms with Gasteiger partial charge in [0.05, 0.1) is 0 Å². The molecule has 0 spiro atoms. The van der Waals surface area contributed by atoms with Crippen LogP contribution in [0, 0.1) is 22.7 Å². The number of nitriles is 2. The van der Waals surface area contributed by atoms with Crippen LogP contribution in [0.2, 0.25) is 0 Å². The van der Waals surface area contributed by atoms with Crippen LogP contribution in [-0.4, -0.2) is 10.1 Å². The molecular formula is C12H6N4O. The summed E-state index contributed by atoms with van der Waals surface area (Å²) in [5, 5.41) is 21.0. The summed E-state index contributed by atoms with van der Waals surface area (Å²) in [4.78, 5) is 3.92. The van der Waals surface area contributed by atoms with Crippen molar-refractivity contribution < 1.29 is 4.52 Å². The molecule has 0 saturated heterocycles. The Hall–Kier alpha value is -2.92. The van der Waals surface area contributed by atoms with Crippen LogP contribution in [-0.2, 0) is 0 Å². The molecule has 0 N–H and O–H groups in total. The predicted octanol–water partition coefficient (Wildman–Crippen LogP) is 2.17. The van der Waals surface area contributed by atoms with E-state index in [2.05, 4.69) is 14.7 Å². The molecule has 5 heteroatoms. The van der Waals surface area contributed by atoms with Crippen molar-refractivity contribution in [2.75, 3.05) is 0 Å². The number of hydrogen-bond donors (Lipinski definition) is 0. The van der Waals surface area contributed by atoms with Crippen LogP contribution in [0.15, 0.2) is 40.8 Å². The van der Waals surface area contributed by atoms with Gasteiger partial charge in [0.1, 0.15) is 17.7 Å². The molecule has 0 amide bonds. The minimum atomic E-state index is 0.0512. The van der Waals surface area contributed by atoms with E-state index in [0.717, 1.165) is 11.1 Å². The van der Waals surface area contributed by atoms with Gasteiger partial charge in [-0.05, 0) is 17.7 Å². The Morgan fingerprint density at radius 1 is 1.29 bits per heavy atom. The normalized spacial score (nSPS) is 9.06. The van der Waals surface area contributed by atoms with Gasteiger partial charge in [-0.3, -0.25) is 0 Å². The van der Waals surface area contributed by atoms with E-state index in [-0.39, 0.29) is 5.57 Å². The minimum absolute atomic E-state index is 0.0512. The average Bonchev–Trinajstić information content (AvgIpc) is 2.90. The maximum Gasteiger partial charge on any atom is 0.214 e. The van der Waals surface area contributed by atoms with Crippen molar-refractivity contribution in [3.05, 3.63) is 41.8 Å². The molecule has 0 bridgehead atoms. The summed E-state index contributed by atoms with van der Waals surface area (Å²) < 4.78 is 4.65. The Kier molecular flexibility index (Phi) is 2.95. The van der Waals surface area contributed by atoms with Gasteiger partial charge in [-0.15, -0.1) is 0 Å². The van der Waals surface area contributed by atoms with Crippen LogP contribution in [0.3, 0.4) is 0 Å². The summed E-state index contributed by atoms with van der Waals surface area (Å²) in [6.45, 7) is 0. The number of allylic oxidation sites excluding steroid dienone is 1. The zero-order chi connectivity index (χ0) is 12.1. The lowest BCUT2D eigenvalue weighted by atomic mass is 10.1. The van der Waals surface area contributed by atoms with Crippen LogP contribution in [0.5, 0.6) is 0 Å². The van der Waals surface area contributed by atoms with Crippen molar-refractivity contribution in [2.45, 2.75) is 0 Å². The van der Waals surface area contributed by atoms with Crippen molar-refractivity contribution in [3.8, 4) is 23.5 Å². The van der Waals surface area contributed by atoms with Crippen LogP contribution in [0.1, 0.15) is 5.56 Å². The van der Waals surface area contributed by atoms with Crippen LogP contribution in [0.4, 0.5) is 0 Å². The second-order valence-corrected chi connectivity index (χ2v) is 3.16. The second kappa shape index (κ2) is 4.73. The van der Waals surface area contributed by atoms with E-state index in [1.54, 1.807) is 30.3 Å². The van der Waals surface area contributed by atoms with E-state index in [0.29, 0.717) is 5.82 Å². The molecule has 1 aromatic carbocycles. The Balaban J connectivity index is 2.41. The average molecular weight is 222 g/mol. The van der Waals surface area contributed by atoms with Gasteiger partial charge >= 0.3 is 0 Å². The smallest absolute Gasteiger partial charge is 0.214 e. The monoisotopic (exact) mass is 222 g/mol. The lowest BCUT2D eigenvalue weighted by Gasteiger charge is -1.96. The number of hydrogen-bond acceptors (Lipinski definition) is 5. The fourth-order valence-electron chi connectivity index (χ4n) is 1.32. The number of aromatic nitrogens is 2. The van der Waals surface area contributed by atoms with E-state index < -0.39 is 0 Å². The molecular weight excluding hydrogens is 216 g/mol. The highest BCUT2D eigenvalue weighted by molar-refractivity contribution is 5.66. The molecule has 0 aliphatic carbocycles. The number of nitrogens with zero attached hydrogens (tertiary/aromatic N) is 4. The highest BCUT2D eigenvalue weighted by atomic mass is 16.5. The first kappa shape index (κ1) is 10.6. The number of benzene rings is 1. The molecule has 0 aliphatic heterocycles. The van der Waals surface area contributed by atoms with Gasteiger partial charge < -0.3 is 4.52 Å². The summed E-state index contributed by atoms with van der Waals surface area (Å²) in [7, 11) is 0. The van der Waals surface area contributed by atoms with Gasteiger partial charge in [0.25, 0.3) is 0 Å². The maximum absolute atomic E-state index is 8.66. The standard InChI is InChI=1S/C12H6N4O/c13-6-10(7-14)4-9-2-1-3-11(5-9)12-15-8-17-16-12/h1-5,8H. The van der Waals surface area contributed by atoms with Gasteiger partial charge in [0.2, 0.25) is 12.2 Å². The van der Waals surface area contributed by atoms with Gasteiger partial charge in [-0.2, -0.15) is 15.5 Å². The van der Waals surface area contributed by atoms with E-state index >= 15 is 0 Å². The lowest BCUT2D eigenvalue weighted by Crippen LogP contribution is -1.82. The van der Waals surface area contributed by atoms with Crippen molar-refractivity contribution in [1.82, 2.24) is 10.1 Å². The summed E-state index contributed by atoms with van der Waals surface area (Å²) >= 11 is 0. The Morgan fingerprint density at radius 3 is 2.76 bits per heavy atom. The van der Waals surface area contributed by atoms with Crippen LogP contribution < -0.4 is 0 Å². The first-order valence-corrected chi connectivity index (χ1v) is 4.72. The zero-order valence-corrected chi connectivity index (χ0v) is 8.66. The molecule has 5 nitrogen and oxygen atoms in total. The molecule has 0 fully saturated rings. The fourth-order valence-corrected chi connectivity index (χ4v) is 1.32. The predicted molar refractivity (Wildman–Crippen MR) is 58.9 cm³/mol. The second-order valence-electron chi connectivity index (χ2n) is 3.16. The molecule has 1 heterocycles. The molecule has 0 radical (unpaired) electrons. The van der Waals surface area contributed by atoms with Crippen molar-refractivity contribution in [3.63, 3.8) is 0 Å². The highest BCUT2D eigenvalue weighted by Crippen LogP contribution is 2.17. The first-order chi connectivity index (χ1) is 8.33. The van der Waals surface area contributed by atoms with E-state index in [9.17, 15) is 0 Å². The highest BCUT2D eigenvalue weighted by Gasteiger charge is 2.03. The Morgan fingerprint density at radius 2 is 2.12 bits per heavy atom. The fraction of sp³-hybridized carbons (Fsp3) is 0. The van der Waals surface area contributed by atoms with E-state index in [1.165, 1.54) is 12.5 Å². The molecule has 80 valence electrons. The third-order valence-corrected chi connectivity index (χ3v) is 2.06. The topological polar surface area (TPSA) is 86.5 Å². The molecule has 0 aliphatic rings. The molecule has 0 saturated carbocycles. The van der Waals surface area contributed by atoms with Crippen molar-refractivity contribution in [1.29, 1.82) is 10.5 Å². The summed E-state index contributed by atoms with van der Waals surface area (Å²) in [5.41, 5.74) is 1.56. The van der Waals surface area contributed by atoms with E-state index in [4.69, 9.17) is 10.5 Å². The van der Waals surface area contributed by atoms with Crippen LogP contribution >= 0.6 is 0 Å². The van der Waals surface area contributed by atoms with Crippen molar-refractivity contribution >= 4 is 6.08 Å². The summed E-state index contributed by atoms with van der Waals surface area (Å²) in [6.07, 6.45) is 2.75. The third kappa shape index (κ3) is 2.36. The summed E-state index contributed by atoms with van der Waals surface area (Å²) in [5.74, 6) is 0.468.